The molecule has 0 unspecified atom stereocenters. The maximum absolute atomic E-state index is 12.6. The van der Waals surface area contributed by atoms with Crippen molar-refractivity contribution in [1.29, 1.82) is 0 Å². The third-order valence-corrected chi connectivity index (χ3v) is 3.63. The van der Waals surface area contributed by atoms with E-state index >= 15 is 0 Å². The first-order valence-electron chi connectivity index (χ1n) is 7.57. The van der Waals surface area contributed by atoms with E-state index in [1.54, 1.807) is 0 Å². The third kappa shape index (κ3) is 3.32. The van der Waals surface area contributed by atoms with Crippen LogP contribution in [0.25, 0.3) is 11.0 Å². The zero-order chi connectivity index (χ0) is 17.2. The Kier molecular flexibility index (Phi) is 4.37. The number of nitrogens with zero attached hydrogens (tertiary/aromatic N) is 4. The van der Waals surface area contributed by atoms with Gasteiger partial charge in [-0.25, -0.2) is 15.0 Å². The smallest absolute Gasteiger partial charge is 0.354 e. The van der Waals surface area contributed by atoms with Crippen LogP contribution in [0, 0.1) is 0 Å². The van der Waals surface area contributed by atoms with E-state index in [1.165, 1.54) is 0 Å². The Morgan fingerprint density at radius 1 is 1.12 bits per heavy atom. The molecule has 2 aromatic heterocycles. The number of para-hydroxylation sites is 2. The van der Waals surface area contributed by atoms with Crippen LogP contribution in [-0.2, 0) is 19.1 Å². The van der Waals surface area contributed by atoms with Crippen molar-refractivity contribution in [2.24, 2.45) is 0 Å². The first kappa shape index (κ1) is 16.2. The van der Waals surface area contributed by atoms with Crippen molar-refractivity contribution in [1.82, 2.24) is 19.5 Å². The normalized spacial score (nSPS) is 11.8. The van der Waals surface area contributed by atoms with Gasteiger partial charge >= 0.3 is 6.18 Å². The van der Waals surface area contributed by atoms with Crippen LogP contribution in [0.1, 0.15) is 18.4 Å². The number of anilines is 1. The number of imidazole rings is 1. The number of halogens is 3. The van der Waals surface area contributed by atoms with Gasteiger partial charge in [-0.05, 0) is 25.1 Å². The molecule has 0 atom stereocenters. The van der Waals surface area contributed by atoms with Crippen molar-refractivity contribution < 1.29 is 13.2 Å². The Bertz CT molecular complexity index is 841. The molecule has 1 N–H and O–H groups in total. The minimum Gasteiger partial charge on any atom is -0.354 e. The fourth-order valence-electron chi connectivity index (χ4n) is 2.56. The van der Waals surface area contributed by atoms with Gasteiger partial charge in [0.2, 0.25) is 5.95 Å². The van der Waals surface area contributed by atoms with Gasteiger partial charge in [0.1, 0.15) is 11.5 Å². The molecular formula is C16H16F3N5. The molecule has 0 aliphatic carbocycles. The van der Waals surface area contributed by atoms with Crippen LogP contribution in [0.15, 0.2) is 36.5 Å². The third-order valence-electron chi connectivity index (χ3n) is 3.63. The van der Waals surface area contributed by atoms with Gasteiger partial charge in [-0.15, -0.1) is 0 Å². The lowest BCUT2D eigenvalue weighted by Crippen LogP contribution is -2.14. The van der Waals surface area contributed by atoms with Crippen molar-refractivity contribution in [3.63, 3.8) is 0 Å². The van der Waals surface area contributed by atoms with Crippen molar-refractivity contribution in [2.75, 3.05) is 11.9 Å². The number of nitrogens with one attached hydrogen (secondary N) is 1. The summed E-state index contributed by atoms with van der Waals surface area (Å²) >= 11 is 0. The van der Waals surface area contributed by atoms with Crippen LogP contribution in [0.3, 0.4) is 0 Å². The van der Waals surface area contributed by atoms with E-state index in [0.717, 1.165) is 35.7 Å². The summed E-state index contributed by atoms with van der Waals surface area (Å²) in [5, 5.41) is 2.83. The molecule has 0 fully saturated rings. The molecule has 0 saturated carbocycles. The van der Waals surface area contributed by atoms with Crippen molar-refractivity contribution in [3.05, 3.63) is 48.0 Å². The van der Waals surface area contributed by atoms with E-state index in [0.29, 0.717) is 13.0 Å². The van der Waals surface area contributed by atoms with Gasteiger partial charge in [0, 0.05) is 25.7 Å². The van der Waals surface area contributed by atoms with Crippen LogP contribution in [0.2, 0.25) is 0 Å². The summed E-state index contributed by atoms with van der Waals surface area (Å²) in [6.45, 7) is 3.20. The monoisotopic (exact) mass is 335 g/mol. The molecule has 126 valence electrons. The van der Waals surface area contributed by atoms with E-state index in [4.69, 9.17) is 0 Å². The highest BCUT2D eigenvalue weighted by molar-refractivity contribution is 5.75. The summed E-state index contributed by atoms with van der Waals surface area (Å²) < 4.78 is 40.0. The van der Waals surface area contributed by atoms with Gasteiger partial charge in [-0.3, -0.25) is 0 Å². The summed E-state index contributed by atoms with van der Waals surface area (Å²) in [6.07, 6.45) is -2.82. The molecule has 3 aromatic rings. The average Bonchev–Trinajstić information content (AvgIpc) is 2.92. The second-order valence-electron chi connectivity index (χ2n) is 5.20. The van der Waals surface area contributed by atoms with Gasteiger partial charge in [0.25, 0.3) is 0 Å². The van der Waals surface area contributed by atoms with E-state index in [2.05, 4.69) is 24.8 Å². The molecular weight excluding hydrogens is 319 g/mol. The Morgan fingerprint density at radius 3 is 2.67 bits per heavy atom. The number of aromatic nitrogens is 4. The summed E-state index contributed by atoms with van der Waals surface area (Å²) in [7, 11) is 0. The molecule has 0 bridgehead atoms. The van der Waals surface area contributed by atoms with Crippen LogP contribution >= 0.6 is 0 Å². The Hall–Kier alpha value is -2.64. The highest BCUT2D eigenvalue weighted by atomic mass is 19.4. The molecule has 0 amide bonds. The molecule has 0 aliphatic rings. The summed E-state index contributed by atoms with van der Waals surface area (Å²) in [5.74, 6) is 0.835. The number of hydrogen-bond acceptors (Lipinski definition) is 4. The predicted octanol–water partition coefficient (Wildman–Crippen LogP) is 3.52. The Morgan fingerprint density at radius 2 is 1.92 bits per heavy atom. The second kappa shape index (κ2) is 6.46. The lowest BCUT2D eigenvalue weighted by atomic mass is 10.3. The first-order valence-corrected chi connectivity index (χ1v) is 7.57. The van der Waals surface area contributed by atoms with E-state index in [9.17, 15) is 13.2 Å². The van der Waals surface area contributed by atoms with Gasteiger partial charge in [0.15, 0.2) is 0 Å². The minimum atomic E-state index is -4.48. The zero-order valence-corrected chi connectivity index (χ0v) is 13.0. The van der Waals surface area contributed by atoms with E-state index in [-0.39, 0.29) is 5.95 Å². The molecule has 0 spiro atoms. The minimum absolute atomic E-state index is 0.0380. The molecule has 2 heterocycles. The Balaban J connectivity index is 1.71. The molecule has 0 saturated heterocycles. The molecule has 1 aromatic carbocycles. The maximum Gasteiger partial charge on any atom is 0.433 e. The lowest BCUT2D eigenvalue weighted by molar-refractivity contribution is -0.141. The van der Waals surface area contributed by atoms with Crippen molar-refractivity contribution >= 4 is 17.0 Å². The van der Waals surface area contributed by atoms with Crippen molar-refractivity contribution in [3.8, 4) is 0 Å². The van der Waals surface area contributed by atoms with E-state index in [1.807, 2.05) is 31.2 Å². The second-order valence-corrected chi connectivity index (χ2v) is 5.20. The highest BCUT2D eigenvalue weighted by Crippen LogP contribution is 2.27. The molecule has 3 rings (SSSR count). The van der Waals surface area contributed by atoms with Crippen LogP contribution in [0.5, 0.6) is 0 Å². The number of rotatable bonds is 5. The number of benzene rings is 1. The molecule has 8 heteroatoms. The van der Waals surface area contributed by atoms with E-state index < -0.39 is 11.9 Å². The summed E-state index contributed by atoms with van der Waals surface area (Å²) in [4.78, 5) is 11.9. The largest absolute Gasteiger partial charge is 0.433 e. The first-order chi connectivity index (χ1) is 11.5. The Labute approximate surface area is 136 Å². The summed E-state index contributed by atoms with van der Waals surface area (Å²) in [6, 6.07) is 8.66. The number of hydrogen-bond donors (Lipinski definition) is 1. The van der Waals surface area contributed by atoms with Crippen LogP contribution in [-0.4, -0.2) is 26.1 Å². The lowest BCUT2D eigenvalue weighted by Gasteiger charge is -2.09. The fourth-order valence-corrected chi connectivity index (χ4v) is 2.56. The molecule has 24 heavy (non-hydrogen) atoms. The molecule has 0 aliphatic heterocycles. The number of fused-ring (bicyclic) bond motifs is 1. The average molecular weight is 335 g/mol. The highest BCUT2D eigenvalue weighted by Gasteiger charge is 2.32. The van der Waals surface area contributed by atoms with Crippen molar-refractivity contribution in [2.45, 2.75) is 26.1 Å². The molecule has 5 nitrogen and oxygen atoms in total. The van der Waals surface area contributed by atoms with Gasteiger partial charge in [-0.1, -0.05) is 12.1 Å². The van der Waals surface area contributed by atoms with Gasteiger partial charge in [-0.2, -0.15) is 13.2 Å². The molecule has 0 radical (unpaired) electrons. The number of aryl methyl sites for hydroxylation is 1. The summed E-state index contributed by atoms with van der Waals surface area (Å²) in [5.41, 5.74) is 0.996. The topological polar surface area (TPSA) is 55.6 Å². The van der Waals surface area contributed by atoms with Gasteiger partial charge in [0.05, 0.1) is 11.0 Å². The SMILES string of the molecule is CCn1c(CCNc2nccc(C(F)(F)F)n2)nc2ccccc21. The quantitative estimate of drug-likeness (QED) is 0.775. The standard InChI is InChI=1S/C16H16F3N5/c1-2-24-12-6-4-3-5-11(12)22-14(24)8-10-21-15-20-9-7-13(23-15)16(17,18)19/h3-7,9H,2,8,10H2,1H3,(H,20,21,23). The van der Waals surface area contributed by atoms with Gasteiger partial charge < -0.3 is 9.88 Å². The fraction of sp³-hybridized carbons (Fsp3) is 0.312. The van der Waals surface area contributed by atoms with Crippen LogP contribution in [0.4, 0.5) is 19.1 Å². The maximum atomic E-state index is 12.6. The zero-order valence-electron chi connectivity index (χ0n) is 13.0. The number of alkyl halides is 3. The van der Waals surface area contributed by atoms with Crippen LogP contribution < -0.4 is 5.32 Å². The predicted molar refractivity (Wildman–Crippen MR) is 84.6 cm³/mol.